The van der Waals surface area contributed by atoms with E-state index in [-0.39, 0.29) is 11.8 Å². The number of hydrogen-bond acceptors (Lipinski definition) is 4. The van der Waals surface area contributed by atoms with Crippen molar-refractivity contribution >= 4 is 26.8 Å². The predicted octanol–water partition coefficient (Wildman–Crippen LogP) is 4.12. The molecule has 1 N–H and O–H groups in total. The van der Waals surface area contributed by atoms with Crippen molar-refractivity contribution in [1.29, 1.82) is 0 Å². The zero-order valence-electron chi connectivity index (χ0n) is 13.7. The Morgan fingerprint density at radius 2 is 1.80 bits per heavy atom. The number of hydrogen-bond donors (Lipinski definition) is 1. The second-order valence-electron chi connectivity index (χ2n) is 6.18. The summed E-state index contributed by atoms with van der Waals surface area (Å²) in [6, 6.07) is 16.2. The van der Waals surface area contributed by atoms with E-state index in [0.717, 1.165) is 34.1 Å². The van der Waals surface area contributed by atoms with Gasteiger partial charge in [-0.2, -0.15) is 0 Å². The lowest BCUT2D eigenvalue weighted by Crippen LogP contribution is -2.39. The Morgan fingerprint density at radius 3 is 2.56 bits per heavy atom. The second-order valence-corrected chi connectivity index (χ2v) is 7.10. The molecule has 5 heteroatoms. The van der Waals surface area contributed by atoms with E-state index in [1.807, 2.05) is 36.4 Å². The van der Waals surface area contributed by atoms with Gasteiger partial charge in [-0.15, -0.1) is 0 Å². The summed E-state index contributed by atoms with van der Waals surface area (Å²) < 4.78 is 6.56. The van der Waals surface area contributed by atoms with Gasteiger partial charge in [-0.3, -0.25) is 9.88 Å². The molecule has 1 aliphatic rings. The van der Waals surface area contributed by atoms with Gasteiger partial charge in [0.25, 0.3) is 0 Å². The normalized spacial score (nSPS) is 16.8. The molecule has 1 unspecified atom stereocenters. The van der Waals surface area contributed by atoms with Gasteiger partial charge >= 0.3 is 0 Å². The van der Waals surface area contributed by atoms with Crippen LogP contribution >= 0.6 is 15.9 Å². The molecule has 1 atom stereocenters. The van der Waals surface area contributed by atoms with E-state index in [9.17, 15) is 5.11 Å². The molecule has 1 saturated heterocycles. The molecule has 0 bridgehead atoms. The highest BCUT2D eigenvalue weighted by molar-refractivity contribution is 9.10. The molecule has 1 aliphatic heterocycles. The topological polar surface area (TPSA) is 45.6 Å². The number of halogens is 1. The van der Waals surface area contributed by atoms with Gasteiger partial charge in [0, 0.05) is 34.7 Å². The van der Waals surface area contributed by atoms with E-state index in [1.54, 1.807) is 6.20 Å². The third-order valence-electron chi connectivity index (χ3n) is 4.67. The van der Waals surface area contributed by atoms with E-state index in [0.29, 0.717) is 18.7 Å². The minimum Gasteiger partial charge on any atom is -0.505 e. The van der Waals surface area contributed by atoms with Crippen LogP contribution < -0.4 is 0 Å². The molecular formula is C20H19BrN2O2. The minimum atomic E-state index is -0.0246. The minimum absolute atomic E-state index is 0.0246. The van der Waals surface area contributed by atoms with Crippen LogP contribution in [-0.2, 0) is 4.74 Å². The maximum Gasteiger partial charge on any atom is 0.146 e. The van der Waals surface area contributed by atoms with Gasteiger partial charge in [0.1, 0.15) is 11.3 Å². The number of phenolic OH excluding ortho intramolecular Hbond substituents is 1. The summed E-state index contributed by atoms with van der Waals surface area (Å²) in [6.07, 6.45) is 1.72. The van der Waals surface area contributed by atoms with Crippen LogP contribution in [0.1, 0.15) is 17.2 Å². The van der Waals surface area contributed by atoms with Crippen LogP contribution in [0.25, 0.3) is 10.9 Å². The summed E-state index contributed by atoms with van der Waals surface area (Å²) in [7, 11) is 0. The first-order valence-electron chi connectivity index (χ1n) is 8.38. The Kier molecular flexibility index (Phi) is 4.70. The Labute approximate surface area is 155 Å². The fourth-order valence-corrected chi connectivity index (χ4v) is 3.70. The Hall–Kier alpha value is -1.95. The van der Waals surface area contributed by atoms with Crippen LogP contribution in [0.3, 0.4) is 0 Å². The number of ether oxygens (including phenoxy) is 1. The zero-order valence-corrected chi connectivity index (χ0v) is 15.3. The van der Waals surface area contributed by atoms with Crippen molar-refractivity contribution in [1.82, 2.24) is 9.88 Å². The summed E-state index contributed by atoms with van der Waals surface area (Å²) in [6.45, 7) is 3.08. The van der Waals surface area contributed by atoms with E-state index in [4.69, 9.17) is 4.74 Å². The molecule has 1 aromatic heterocycles. The summed E-state index contributed by atoms with van der Waals surface area (Å²) in [5.74, 6) is 0.262. The molecule has 2 heterocycles. The third kappa shape index (κ3) is 3.27. The van der Waals surface area contributed by atoms with Gasteiger partial charge in [-0.05, 0) is 23.8 Å². The molecule has 25 heavy (non-hydrogen) atoms. The van der Waals surface area contributed by atoms with Crippen molar-refractivity contribution in [3.8, 4) is 5.75 Å². The van der Waals surface area contributed by atoms with Crippen molar-refractivity contribution in [2.24, 2.45) is 0 Å². The number of rotatable bonds is 3. The number of fused-ring (bicyclic) bond motifs is 1. The Bertz CT molecular complexity index is 877. The molecule has 0 saturated carbocycles. The number of aromatic hydroxyl groups is 1. The molecule has 0 spiro atoms. The lowest BCUT2D eigenvalue weighted by atomic mass is 9.94. The molecular weight excluding hydrogens is 380 g/mol. The smallest absolute Gasteiger partial charge is 0.146 e. The van der Waals surface area contributed by atoms with Crippen LogP contribution in [0, 0.1) is 0 Å². The first kappa shape index (κ1) is 16.5. The van der Waals surface area contributed by atoms with Gasteiger partial charge in [-0.25, -0.2) is 0 Å². The van der Waals surface area contributed by atoms with Crippen LogP contribution in [0.2, 0.25) is 0 Å². The summed E-state index contributed by atoms with van der Waals surface area (Å²) in [5, 5.41) is 11.9. The van der Waals surface area contributed by atoms with Crippen LogP contribution in [0.5, 0.6) is 5.75 Å². The standard InChI is InChI=1S/C20H19BrN2O2/c21-16-6-3-15(4-7-16)19(23-10-12-25-13-11-23)17-8-5-14-2-1-9-22-18(14)20(17)24/h1-9,19,24H,10-13H2. The van der Waals surface area contributed by atoms with Gasteiger partial charge in [-0.1, -0.05) is 46.3 Å². The van der Waals surface area contributed by atoms with Crippen molar-refractivity contribution in [2.45, 2.75) is 6.04 Å². The Balaban J connectivity index is 1.85. The molecule has 0 radical (unpaired) electrons. The highest BCUT2D eigenvalue weighted by Gasteiger charge is 2.27. The highest BCUT2D eigenvalue weighted by Crippen LogP contribution is 2.38. The fraction of sp³-hybridized carbons (Fsp3) is 0.250. The van der Waals surface area contributed by atoms with Crippen molar-refractivity contribution in [2.75, 3.05) is 26.3 Å². The number of nitrogens with zero attached hydrogens (tertiary/aromatic N) is 2. The molecule has 1 fully saturated rings. The zero-order chi connectivity index (χ0) is 17.2. The first-order chi connectivity index (χ1) is 12.2. The fourth-order valence-electron chi connectivity index (χ4n) is 3.43. The van der Waals surface area contributed by atoms with Crippen LogP contribution in [0.4, 0.5) is 0 Å². The maximum atomic E-state index is 10.9. The lowest BCUT2D eigenvalue weighted by molar-refractivity contribution is 0.0236. The monoisotopic (exact) mass is 398 g/mol. The SMILES string of the molecule is Oc1c(C(c2ccc(Br)cc2)N2CCOCC2)ccc2cccnc12. The van der Waals surface area contributed by atoms with Crippen LogP contribution in [-0.4, -0.2) is 41.3 Å². The number of phenols is 1. The molecule has 2 aromatic carbocycles. The maximum absolute atomic E-state index is 10.9. The average Bonchev–Trinajstić information content (AvgIpc) is 2.66. The van der Waals surface area contributed by atoms with Crippen molar-refractivity contribution in [3.63, 3.8) is 0 Å². The summed E-state index contributed by atoms with van der Waals surface area (Å²) >= 11 is 3.50. The molecule has 4 nitrogen and oxygen atoms in total. The molecule has 4 rings (SSSR count). The number of aromatic nitrogens is 1. The number of morpholine rings is 1. The Morgan fingerprint density at radius 1 is 1.04 bits per heavy atom. The quantitative estimate of drug-likeness (QED) is 0.720. The molecule has 3 aromatic rings. The highest BCUT2D eigenvalue weighted by atomic mass is 79.9. The molecule has 128 valence electrons. The summed E-state index contributed by atoms with van der Waals surface area (Å²) in [4.78, 5) is 6.73. The third-order valence-corrected chi connectivity index (χ3v) is 5.20. The van der Waals surface area contributed by atoms with E-state index in [1.165, 1.54) is 0 Å². The molecule has 0 aliphatic carbocycles. The lowest BCUT2D eigenvalue weighted by Gasteiger charge is -2.35. The number of pyridine rings is 1. The average molecular weight is 399 g/mol. The first-order valence-corrected chi connectivity index (χ1v) is 9.17. The molecule has 0 amide bonds. The van der Waals surface area contributed by atoms with E-state index >= 15 is 0 Å². The van der Waals surface area contributed by atoms with Crippen molar-refractivity contribution < 1.29 is 9.84 Å². The number of benzene rings is 2. The van der Waals surface area contributed by atoms with E-state index in [2.05, 4.69) is 37.9 Å². The second kappa shape index (κ2) is 7.12. The predicted molar refractivity (Wildman–Crippen MR) is 102 cm³/mol. The van der Waals surface area contributed by atoms with Gasteiger partial charge in [0.05, 0.1) is 19.3 Å². The van der Waals surface area contributed by atoms with Gasteiger partial charge in [0.15, 0.2) is 0 Å². The van der Waals surface area contributed by atoms with E-state index < -0.39 is 0 Å². The largest absolute Gasteiger partial charge is 0.505 e. The van der Waals surface area contributed by atoms with Crippen molar-refractivity contribution in [3.05, 3.63) is 70.3 Å². The van der Waals surface area contributed by atoms with Gasteiger partial charge < -0.3 is 9.84 Å². The summed E-state index contributed by atoms with van der Waals surface area (Å²) in [5.41, 5.74) is 2.68. The van der Waals surface area contributed by atoms with Crippen LogP contribution in [0.15, 0.2) is 59.2 Å². The van der Waals surface area contributed by atoms with Gasteiger partial charge in [0.2, 0.25) is 0 Å².